The third-order valence-corrected chi connectivity index (χ3v) is 6.73. The summed E-state index contributed by atoms with van der Waals surface area (Å²) in [5.74, 6) is -0.904. The second-order valence-electron chi connectivity index (χ2n) is 5.55. The first-order valence-corrected chi connectivity index (χ1v) is 10.7. The van der Waals surface area contributed by atoms with Crippen molar-refractivity contribution in [1.29, 1.82) is 0 Å². The minimum atomic E-state index is -2.82. The van der Waals surface area contributed by atoms with E-state index in [-0.39, 0.29) is 6.54 Å². The zero-order chi connectivity index (χ0) is 20.2. The Bertz CT molecular complexity index is 371. The Balaban J connectivity index is 4.49. The topological polar surface area (TPSA) is 158 Å². The van der Waals surface area contributed by atoms with Gasteiger partial charge in [-0.25, -0.2) is 0 Å². The van der Waals surface area contributed by atoms with Crippen molar-refractivity contribution in [1.82, 2.24) is 5.32 Å². The summed E-state index contributed by atoms with van der Waals surface area (Å²) in [6.07, 6.45) is -6.93. The third-order valence-electron chi connectivity index (χ3n) is 3.58. The molecule has 0 saturated carbocycles. The van der Waals surface area contributed by atoms with Gasteiger partial charge in [0.2, 0.25) is 0 Å². The van der Waals surface area contributed by atoms with Crippen molar-refractivity contribution in [2.75, 3.05) is 33.0 Å². The number of amides is 1. The van der Waals surface area contributed by atoms with Crippen LogP contribution in [0, 0.1) is 0 Å². The lowest BCUT2D eigenvalue weighted by molar-refractivity contribution is -0.148. The van der Waals surface area contributed by atoms with Crippen LogP contribution in [0.3, 0.4) is 0 Å². The van der Waals surface area contributed by atoms with E-state index in [0.29, 0.717) is 32.3 Å². The Morgan fingerprint density at radius 3 is 1.88 bits per heavy atom. The number of carbonyl (C=O) groups is 1. The molecular formula is C15H33NO9Si. The molecule has 0 fully saturated rings. The fraction of sp³-hybridized carbons (Fsp3) is 0.933. The van der Waals surface area contributed by atoms with Gasteiger partial charge in [0.25, 0.3) is 5.91 Å². The first-order chi connectivity index (χ1) is 12.3. The van der Waals surface area contributed by atoms with Crippen molar-refractivity contribution >= 4 is 14.7 Å². The molecule has 0 aliphatic carbocycles. The van der Waals surface area contributed by atoms with E-state index < -0.39 is 45.7 Å². The van der Waals surface area contributed by atoms with Gasteiger partial charge in [-0.15, -0.1) is 0 Å². The van der Waals surface area contributed by atoms with Gasteiger partial charge in [-0.2, -0.15) is 0 Å². The van der Waals surface area contributed by atoms with E-state index in [4.69, 9.17) is 18.4 Å². The molecule has 0 unspecified atom stereocenters. The summed E-state index contributed by atoms with van der Waals surface area (Å²) in [6.45, 7) is 6.19. The van der Waals surface area contributed by atoms with Crippen LogP contribution < -0.4 is 5.32 Å². The highest BCUT2D eigenvalue weighted by Gasteiger charge is 2.40. The van der Waals surface area contributed by atoms with Gasteiger partial charge in [0.05, 0.1) is 6.61 Å². The highest BCUT2D eigenvalue weighted by atomic mass is 28.4. The van der Waals surface area contributed by atoms with Crippen molar-refractivity contribution in [3.8, 4) is 0 Å². The lowest BCUT2D eigenvalue weighted by Gasteiger charge is -2.28. The number of aliphatic hydroxyl groups excluding tert-OH is 5. The summed E-state index contributed by atoms with van der Waals surface area (Å²) in [5, 5.41) is 49.3. The van der Waals surface area contributed by atoms with E-state index >= 15 is 0 Å². The second-order valence-corrected chi connectivity index (χ2v) is 8.28. The summed E-state index contributed by atoms with van der Waals surface area (Å²) in [7, 11) is -2.82. The molecule has 156 valence electrons. The SMILES string of the molecule is CCO[Si](CCCNC(=O)[C@@H](O)[C@H](O)[C@@H](O)[C@@H](O)CO)(OCC)OCC. The zero-order valence-corrected chi connectivity index (χ0v) is 16.6. The molecule has 0 saturated heterocycles. The lowest BCUT2D eigenvalue weighted by atomic mass is 10.0. The van der Waals surface area contributed by atoms with Crippen LogP contribution in [-0.4, -0.2) is 97.6 Å². The Morgan fingerprint density at radius 1 is 0.962 bits per heavy atom. The number of hydrogen-bond donors (Lipinski definition) is 6. The Labute approximate surface area is 155 Å². The van der Waals surface area contributed by atoms with E-state index in [2.05, 4.69) is 5.32 Å². The van der Waals surface area contributed by atoms with Gasteiger partial charge < -0.3 is 44.1 Å². The molecule has 4 atom stereocenters. The largest absolute Gasteiger partial charge is 0.500 e. The quantitative estimate of drug-likeness (QED) is 0.135. The van der Waals surface area contributed by atoms with Crippen molar-refractivity contribution in [2.24, 2.45) is 0 Å². The van der Waals surface area contributed by atoms with E-state index in [1.165, 1.54) is 0 Å². The number of carbonyl (C=O) groups excluding carboxylic acids is 1. The average molecular weight is 400 g/mol. The molecule has 0 aliphatic heterocycles. The number of aliphatic hydroxyl groups is 5. The molecule has 0 spiro atoms. The molecule has 0 bridgehead atoms. The van der Waals surface area contributed by atoms with Gasteiger partial charge >= 0.3 is 8.80 Å². The highest BCUT2D eigenvalue weighted by molar-refractivity contribution is 6.60. The summed E-state index contributed by atoms with van der Waals surface area (Å²) < 4.78 is 17.0. The van der Waals surface area contributed by atoms with Gasteiger partial charge in [-0.3, -0.25) is 4.79 Å². The molecule has 0 aromatic heterocycles. The van der Waals surface area contributed by atoms with Gasteiger partial charge in [-0.1, -0.05) is 0 Å². The lowest BCUT2D eigenvalue weighted by Crippen LogP contribution is -2.52. The summed E-state index contributed by atoms with van der Waals surface area (Å²) in [6, 6.07) is 0.466. The van der Waals surface area contributed by atoms with Crippen molar-refractivity contribution < 1.29 is 43.6 Å². The van der Waals surface area contributed by atoms with Crippen LogP contribution in [0.1, 0.15) is 27.2 Å². The molecule has 26 heavy (non-hydrogen) atoms. The Morgan fingerprint density at radius 2 is 1.46 bits per heavy atom. The number of nitrogens with one attached hydrogen (secondary N) is 1. The second kappa shape index (κ2) is 13.5. The number of hydrogen-bond acceptors (Lipinski definition) is 9. The first kappa shape index (κ1) is 25.4. The van der Waals surface area contributed by atoms with Crippen LogP contribution in [0.2, 0.25) is 6.04 Å². The average Bonchev–Trinajstić information content (AvgIpc) is 2.63. The van der Waals surface area contributed by atoms with Crippen LogP contribution in [-0.2, 0) is 18.1 Å². The van der Waals surface area contributed by atoms with E-state index in [0.717, 1.165) is 0 Å². The molecule has 10 nitrogen and oxygen atoms in total. The van der Waals surface area contributed by atoms with E-state index in [1.54, 1.807) is 0 Å². The normalized spacial score (nSPS) is 16.8. The Hall–Kier alpha value is -0.633. The summed E-state index contributed by atoms with van der Waals surface area (Å²) in [5.41, 5.74) is 0. The maximum atomic E-state index is 11.8. The van der Waals surface area contributed by atoms with Gasteiger partial charge in [-0.05, 0) is 27.2 Å². The van der Waals surface area contributed by atoms with Gasteiger partial charge in [0.1, 0.15) is 18.3 Å². The smallest absolute Gasteiger partial charge is 0.394 e. The van der Waals surface area contributed by atoms with Crippen LogP contribution >= 0.6 is 0 Å². The standard InChI is InChI=1S/C15H33NO9Si/c1-4-23-26(24-5-2,25-6-3)9-7-8-16-15(22)14(21)13(20)12(19)11(18)10-17/h11-14,17-21H,4-10H2,1-3H3,(H,16,22)/t11-,12-,13+,14-/m0/s1. The highest BCUT2D eigenvalue weighted by Crippen LogP contribution is 2.17. The maximum absolute atomic E-state index is 11.8. The predicted octanol–water partition coefficient (Wildman–Crippen LogP) is -2.02. The fourth-order valence-electron chi connectivity index (χ4n) is 2.30. The molecule has 0 aromatic carbocycles. The molecule has 11 heteroatoms. The minimum Gasteiger partial charge on any atom is -0.394 e. The summed E-state index contributed by atoms with van der Waals surface area (Å²) >= 11 is 0. The predicted molar refractivity (Wildman–Crippen MR) is 94.2 cm³/mol. The maximum Gasteiger partial charge on any atom is 0.500 e. The first-order valence-electron chi connectivity index (χ1n) is 8.81. The molecule has 1 amide bonds. The molecule has 0 rings (SSSR count). The molecule has 0 radical (unpaired) electrons. The van der Waals surface area contributed by atoms with Crippen LogP contribution in [0.4, 0.5) is 0 Å². The molecule has 0 heterocycles. The summed E-state index contributed by atoms with van der Waals surface area (Å²) in [4.78, 5) is 11.8. The van der Waals surface area contributed by atoms with E-state index in [9.17, 15) is 25.2 Å². The molecular weight excluding hydrogens is 366 g/mol. The van der Waals surface area contributed by atoms with Crippen LogP contribution in [0.15, 0.2) is 0 Å². The fourth-order valence-corrected chi connectivity index (χ4v) is 4.91. The monoisotopic (exact) mass is 399 g/mol. The van der Waals surface area contributed by atoms with Crippen LogP contribution in [0.5, 0.6) is 0 Å². The van der Waals surface area contributed by atoms with Crippen molar-refractivity contribution in [3.05, 3.63) is 0 Å². The number of rotatable bonds is 15. The van der Waals surface area contributed by atoms with Crippen molar-refractivity contribution in [3.63, 3.8) is 0 Å². The van der Waals surface area contributed by atoms with Gasteiger partial charge in [0.15, 0.2) is 6.10 Å². The Kier molecular flexibility index (Phi) is 13.2. The minimum absolute atomic E-state index is 0.170. The molecule has 0 aromatic rings. The molecule has 6 N–H and O–H groups in total. The zero-order valence-electron chi connectivity index (χ0n) is 15.6. The van der Waals surface area contributed by atoms with E-state index in [1.807, 2.05) is 20.8 Å². The third kappa shape index (κ3) is 8.37. The van der Waals surface area contributed by atoms with Crippen molar-refractivity contribution in [2.45, 2.75) is 57.7 Å². The molecule has 0 aliphatic rings. The van der Waals surface area contributed by atoms with Crippen LogP contribution in [0.25, 0.3) is 0 Å². The van der Waals surface area contributed by atoms with Gasteiger partial charge in [0, 0.05) is 32.4 Å².